The van der Waals surface area contributed by atoms with E-state index < -0.39 is 128 Å². The first-order valence-corrected chi connectivity index (χ1v) is 24.2. The molecule has 8 aliphatic rings. The molecule has 66 heavy (non-hydrogen) atoms. The summed E-state index contributed by atoms with van der Waals surface area (Å²) in [5.41, 5.74) is -0.862. The first-order chi connectivity index (χ1) is 30.7. The predicted molar refractivity (Wildman–Crippen MR) is 229 cm³/mol. The van der Waals surface area contributed by atoms with Crippen LogP contribution in [0, 0.1) is 50.2 Å². The lowest BCUT2D eigenvalue weighted by molar-refractivity contribution is -0.363. The smallest absolute Gasteiger partial charge is 0.335 e. The molecule has 0 aromatic carbocycles. The van der Waals surface area contributed by atoms with Gasteiger partial charge in [0.15, 0.2) is 18.7 Å². The molecule has 0 aromatic rings. The maximum Gasteiger partial charge on any atom is 0.335 e. The van der Waals surface area contributed by atoms with Crippen LogP contribution >= 0.6 is 0 Å². The number of carboxylic acids is 1. The summed E-state index contributed by atoms with van der Waals surface area (Å²) in [6.07, 6.45) is -14.8. The van der Waals surface area contributed by atoms with Crippen LogP contribution in [0.25, 0.3) is 0 Å². The van der Waals surface area contributed by atoms with Crippen LogP contribution in [0.2, 0.25) is 0 Å². The molecule has 3 saturated heterocycles. The van der Waals surface area contributed by atoms with Crippen LogP contribution in [0.3, 0.4) is 0 Å². The maximum absolute atomic E-state index is 14.7. The minimum atomic E-state index is -1.91. The molecule has 0 spiro atoms. The Balaban J connectivity index is 1.03. The highest BCUT2D eigenvalue weighted by Crippen LogP contribution is 2.76. The van der Waals surface area contributed by atoms with Crippen LogP contribution in [-0.2, 0) is 38.0 Å². The number of aliphatic hydroxyl groups excluding tert-OH is 9. The molecule has 7 fully saturated rings. The molecule has 5 aliphatic carbocycles. The Bertz CT molecular complexity index is 1860. The number of allylic oxidation sites excluding steroid dienone is 2. The summed E-state index contributed by atoms with van der Waals surface area (Å²) < 4.78 is 35.4. The number of hydrogen-bond donors (Lipinski definition) is 10. The number of carbonyl (C=O) groups is 2. The van der Waals surface area contributed by atoms with Crippen molar-refractivity contribution in [2.45, 2.75) is 218 Å². The molecule has 8 rings (SSSR count). The summed E-state index contributed by atoms with van der Waals surface area (Å²) in [5, 5.41) is 106. The topological polar surface area (TPSA) is 292 Å². The fourth-order valence-electron chi connectivity index (χ4n) is 15.0. The molecule has 0 bridgehead atoms. The van der Waals surface area contributed by atoms with E-state index in [1.165, 1.54) is 12.5 Å². The van der Waals surface area contributed by atoms with E-state index in [9.17, 15) is 60.7 Å². The Morgan fingerprint density at radius 3 is 1.98 bits per heavy atom. The van der Waals surface area contributed by atoms with Crippen LogP contribution in [-0.4, -0.2) is 168 Å². The van der Waals surface area contributed by atoms with Crippen molar-refractivity contribution in [3.63, 3.8) is 0 Å². The lowest BCUT2D eigenvalue weighted by Crippen LogP contribution is -2.67. The van der Waals surface area contributed by atoms with Crippen molar-refractivity contribution in [2.24, 2.45) is 50.2 Å². The Labute approximate surface area is 386 Å². The van der Waals surface area contributed by atoms with E-state index in [0.29, 0.717) is 19.3 Å². The van der Waals surface area contributed by atoms with E-state index in [4.69, 9.17) is 28.4 Å². The van der Waals surface area contributed by atoms with Gasteiger partial charge in [-0.1, -0.05) is 60.1 Å². The van der Waals surface area contributed by atoms with Crippen molar-refractivity contribution in [2.75, 3.05) is 6.61 Å². The van der Waals surface area contributed by atoms with E-state index in [1.54, 1.807) is 0 Å². The fourth-order valence-corrected chi connectivity index (χ4v) is 15.0. The molecule has 18 nitrogen and oxygen atoms in total. The normalized spacial score (nSPS) is 53.2. The van der Waals surface area contributed by atoms with Gasteiger partial charge < -0.3 is 79.5 Å². The second-order valence-electron chi connectivity index (χ2n) is 23.5. The molecule has 10 N–H and O–H groups in total. The quantitative estimate of drug-likeness (QED) is 0.0931. The third-order valence-electron chi connectivity index (χ3n) is 19.2. The largest absolute Gasteiger partial charge is 0.479 e. The minimum Gasteiger partial charge on any atom is -0.479 e. The zero-order valence-electron chi connectivity index (χ0n) is 39.6. The Kier molecular flexibility index (Phi) is 13.4. The second kappa shape index (κ2) is 17.5. The first kappa shape index (κ1) is 50.5. The number of carboxylic acid groups (broad SMARTS) is 1. The van der Waals surface area contributed by atoms with Gasteiger partial charge in [-0.05, 0) is 116 Å². The minimum absolute atomic E-state index is 0.0691. The van der Waals surface area contributed by atoms with Gasteiger partial charge in [0.1, 0.15) is 61.0 Å². The summed E-state index contributed by atoms with van der Waals surface area (Å²) in [5.74, 6) is -1.81. The lowest BCUT2D eigenvalue weighted by Gasteiger charge is -2.71. The van der Waals surface area contributed by atoms with E-state index in [-0.39, 0.29) is 39.4 Å². The van der Waals surface area contributed by atoms with Gasteiger partial charge in [0, 0.05) is 0 Å². The molecule has 3 heterocycles. The zero-order valence-corrected chi connectivity index (χ0v) is 39.6. The molecule has 1 unspecified atom stereocenters. The van der Waals surface area contributed by atoms with Gasteiger partial charge in [-0.25, -0.2) is 4.79 Å². The van der Waals surface area contributed by atoms with Crippen LogP contribution in [0.4, 0.5) is 0 Å². The Morgan fingerprint density at radius 2 is 1.32 bits per heavy atom. The Morgan fingerprint density at radius 1 is 0.682 bits per heavy atom. The first-order valence-electron chi connectivity index (χ1n) is 24.2. The number of rotatable bonds is 8. The second-order valence-corrected chi connectivity index (χ2v) is 23.5. The van der Waals surface area contributed by atoms with E-state index in [2.05, 4.69) is 54.5 Å². The van der Waals surface area contributed by atoms with Crippen molar-refractivity contribution >= 4 is 11.9 Å². The molecule has 4 saturated carbocycles. The monoisotopic (exact) mass is 941 g/mol. The van der Waals surface area contributed by atoms with Gasteiger partial charge in [-0.15, -0.1) is 0 Å². The molecule has 3 aliphatic heterocycles. The van der Waals surface area contributed by atoms with Crippen molar-refractivity contribution < 1.29 is 89.1 Å². The molecule has 0 radical (unpaired) electrons. The van der Waals surface area contributed by atoms with Gasteiger partial charge in [0.2, 0.25) is 6.29 Å². The highest BCUT2D eigenvalue weighted by Gasteiger charge is 2.70. The summed E-state index contributed by atoms with van der Waals surface area (Å²) in [4.78, 5) is 27.1. The molecule has 0 aromatic heterocycles. The van der Waals surface area contributed by atoms with Crippen molar-refractivity contribution in [3.8, 4) is 0 Å². The fraction of sp³-hybridized carbons (Fsp3) is 0.917. The van der Waals surface area contributed by atoms with Crippen LogP contribution < -0.4 is 0 Å². The lowest BCUT2D eigenvalue weighted by atomic mass is 9.33. The van der Waals surface area contributed by atoms with Gasteiger partial charge >= 0.3 is 11.9 Å². The van der Waals surface area contributed by atoms with Crippen LogP contribution in [0.5, 0.6) is 0 Å². The van der Waals surface area contributed by atoms with Crippen LogP contribution in [0.1, 0.15) is 120 Å². The number of carbonyl (C=O) groups excluding carboxylic acids is 1. The summed E-state index contributed by atoms with van der Waals surface area (Å²) in [6, 6.07) is 0. The standard InChI is InChI=1S/C48H76O18/c1-21-28(50)30(52)32(54)39(61-21)64-36-34(56)37(38(58)59)65-41(35(36)57)63-27-12-13-45(6)25(44(27,4)5)11-14-47(8)26(45)10-9-22-23-19-43(2,3)15-17-48(23,18-16-46(22,47)7)42(60)66-40-33(55)31(53)29(51)24(20-49)62-40/h9,21,23-37,39-41,49-57H,10-20H2,1-8H3,(H,58,59)/t21-,23-,24+,25-,26+,27-,28-,29+,30+,31-,32+,33+,34-,35+,36-,37-,39-,40-,41?,45-,46+,47+,48-/m0/s1. The zero-order chi connectivity index (χ0) is 48.4. The van der Waals surface area contributed by atoms with Crippen molar-refractivity contribution in [1.82, 2.24) is 0 Å². The highest BCUT2D eigenvalue weighted by atomic mass is 16.7. The molecule has 376 valence electrons. The van der Waals surface area contributed by atoms with E-state index >= 15 is 0 Å². The number of esters is 1. The number of fused-ring (bicyclic) bond motifs is 7. The van der Waals surface area contributed by atoms with Gasteiger partial charge in [-0.2, -0.15) is 0 Å². The molecular weight excluding hydrogens is 865 g/mol. The molecule has 0 amide bonds. The maximum atomic E-state index is 14.7. The van der Waals surface area contributed by atoms with Crippen molar-refractivity contribution in [3.05, 3.63) is 11.6 Å². The number of ether oxygens (including phenoxy) is 6. The molecule has 18 heteroatoms. The third-order valence-corrected chi connectivity index (χ3v) is 19.2. The van der Waals surface area contributed by atoms with Crippen LogP contribution in [0.15, 0.2) is 11.6 Å². The average molecular weight is 941 g/mol. The number of hydrogen-bond acceptors (Lipinski definition) is 17. The Hall–Kier alpha value is -1.88. The molecule has 23 atom stereocenters. The van der Waals surface area contributed by atoms with Crippen molar-refractivity contribution in [1.29, 1.82) is 0 Å². The highest BCUT2D eigenvalue weighted by molar-refractivity contribution is 5.79. The van der Waals surface area contributed by atoms with Gasteiger partial charge in [-0.3, -0.25) is 4.79 Å². The SMILES string of the molecule is C[C@@H]1O[C@@H](O[C@H]2[C@H](O)[C@@H](C(=O)O)OC(O[C@H]3CC[C@]4(C)[C@H]5CC=C6[C@@H]7CC(C)(C)CC[C@]7(C(=O)O[C@@H]7O[C@H](CO)[C@@H](O)[C@H](O)[C@H]7O)CC[C@@]6(C)[C@]5(C)CC[C@H]4C3(C)C)[C@@H]2O)[C@H](O)[C@H](O)[C@H]1O. The summed E-state index contributed by atoms with van der Waals surface area (Å²) >= 11 is 0. The number of aliphatic hydroxyl groups is 9. The predicted octanol–water partition coefficient (Wildman–Crippen LogP) is 1.26. The van der Waals surface area contributed by atoms with E-state index in [1.807, 2.05) is 0 Å². The summed E-state index contributed by atoms with van der Waals surface area (Å²) in [7, 11) is 0. The van der Waals surface area contributed by atoms with Gasteiger partial charge in [0.05, 0.1) is 24.2 Å². The number of aliphatic carboxylic acids is 1. The molecular formula is C48H76O18. The summed E-state index contributed by atoms with van der Waals surface area (Å²) in [6.45, 7) is 16.7. The van der Waals surface area contributed by atoms with Gasteiger partial charge in [0.25, 0.3) is 0 Å². The third kappa shape index (κ3) is 7.74. The van der Waals surface area contributed by atoms with E-state index in [0.717, 1.165) is 44.9 Å². The average Bonchev–Trinajstić information content (AvgIpc) is 3.25.